The van der Waals surface area contributed by atoms with Gasteiger partial charge in [-0.05, 0) is 18.8 Å². The van der Waals surface area contributed by atoms with Crippen molar-refractivity contribution in [3.63, 3.8) is 0 Å². The number of nitrogens with zero attached hydrogens (tertiary/aromatic N) is 1. The molecule has 1 saturated carbocycles. The molecule has 14 heavy (non-hydrogen) atoms. The van der Waals surface area contributed by atoms with E-state index in [0.29, 0.717) is 0 Å². The van der Waals surface area contributed by atoms with E-state index in [1.807, 2.05) is 11.3 Å². The van der Waals surface area contributed by atoms with Crippen molar-refractivity contribution in [1.82, 2.24) is 4.98 Å². The Hall–Kier alpha value is -0.370. The third kappa shape index (κ3) is 2.00. The summed E-state index contributed by atoms with van der Waals surface area (Å²) in [6, 6.07) is 0. The van der Waals surface area contributed by atoms with Gasteiger partial charge in [-0.2, -0.15) is 0 Å². The largest absolute Gasteiger partial charge is 0.246 e. The molecule has 2 heteroatoms. The van der Waals surface area contributed by atoms with E-state index in [0.717, 1.165) is 18.3 Å². The molecule has 0 spiro atoms. The summed E-state index contributed by atoms with van der Waals surface area (Å²) in [5, 5.41) is 3.66. The number of thiazole rings is 1. The molecule has 2 unspecified atom stereocenters. The van der Waals surface area contributed by atoms with Crippen molar-refractivity contribution >= 4 is 11.3 Å². The SMILES string of the molecule is CCCc1csc(C2CCCC2C)n1. The van der Waals surface area contributed by atoms with Gasteiger partial charge in [-0.15, -0.1) is 11.3 Å². The molecule has 2 atom stereocenters. The Morgan fingerprint density at radius 2 is 2.36 bits per heavy atom. The number of aryl methyl sites for hydroxylation is 1. The van der Waals surface area contributed by atoms with Crippen molar-refractivity contribution in [2.24, 2.45) is 5.92 Å². The highest BCUT2D eigenvalue weighted by Gasteiger charge is 2.27. The van der Waals surface area contributed by atoms with Gasteiger partial charge in [0.1, 0.15) is 0 Å². The highest BCUT2D eigenvalue weighted by Crippen LogP contribution is 2.40. The first-order chi connectivity index (χ1) is 6.81. The van der Waals surface area contributed by atoms with Gasteiger partial charge in [0, 0.05) is 11.3 Å². The molecule has 0 aromatic carbocycles. The Balaban J connectivity index is 2.08. The number of rotatable bonds is 3. The van der Waals surface area contributed by atoms with Crippen LogP contribution < -0.4 is 0 Å². The van der Waals surface area contributed by atoms with E-state index in [1.54, 1.807) is 0 Å². The summed E-state index contributed by atoms with van der Waals surface area (Å²) in [4.78, 5) is 4.75. The van der Waals surface area contributed by atoms with Crippen LogP contribution in [0.25, 0.3) is 0 Å². The predicted octanol–water partition coefficient (Wildman–Crippen LogP) is 4.00. The molecule has 0 saturated heterocycles. The second kappa shape index (κ2) is 4.43. The van der Waals surface area contributed by atoms with Crippen molar-refractivity contribution in [2.75, 3.05) is 0 Å². The minimum Gasteiger partial charge on any atom is -0.246 e. The van der Waals surface area contributed by atoms with E-state index < -0.39 is 0 Å². The molecule has 0 bridgehead atoms. The lowest BCUT2D eigenvalue weighted by atomic mass is 9.99. The van der Waals surface area contributed by atoms with E-state index >= 15 is 0 Å². The summed E-state index contributed by atoms with van der Waals surface area (Å²) in [5.74, 6) is 1.63. The highest BCUT2D eigenvalue weighted by molar-refractivity contribution is 7.09. The molecule has 1 nitrogen and oxygen atoms in total. The van der Waals surface area contributed by atoms with Crippen LogP contribution in [0.15, 0.2) is 5.38 Å². The van der Waals surface area contributed by atoms with Gasteiger partial charge < -0.3 is 0 Å². The number of hydrogen-bond donors (Lipinski definition) is 0. The standard InChI is InChI=1S/C12H19NS/c1-3-5-10-8-14-12(13-10)11-7-4-6-9(11)2/h8-9,11H,3-7H2,1-2H3. The van der Waals surface area contributed by atoms with Gasteiger partial charge in [0.2, 0.25) is 0 Å². The van der Waals surface area contributed by atoms with Crippen molar-refractivity contribution in [3.8, 4) is 0 Å². The average molecular weight is 209 g/mol. The van der Waals surface area contributed by atoms with E-state index in [9.17, 15) is 0 Å². The Morgan fingerprint density at radius 1 is 1.50 bits per heavy atom. The van der Waals surface area contributed by atoms with Crippen molar-refractivity contribution in [3.05, 3.63) is 16.1 Å². The Morgan fingerprint density at radius 3 is 3.00 bits per heavy atom. The first kappa shape index (κ1) is 10.2. The fraction of sp³-hybridized carbons (Fsp3) is 0.750. The highest BCUT2D eigenvalue weighted by atomic mass is 32.1. The lowest BCUT2D eigenvalue weighted by molar-refractivity contribution is 0.530. The first-order valence-corrected chi connectivity index (χ1v) is 6.63. The van der Waals surface area contributed by atoms with Crippen molar-refractivity contribution in [2.45, 2.75) is 51.9 Å². The maximum atomic E-state index is 4.75. The maximum Gasteiger partial charge on any atom is 0.0961 e. The van der Waals surface area contributed by atoms with Crippen LogP contribution in [0.2, 0.25) is 0 Å². The van der Waals surface area contributed by atoms with Crippen molar-refractivity contribution in [1.29, 1.82) is 0 Å². The lowest BCUT2D eigenvalue weighted by Gasteiger charge is -2.11. The van der Waals surface area contributed by atoms with Gasteiger partial charge in [0.15, 0.2) is 0 Å². The van der Waals surface area contributed by atoms with Gasteiger partial charge in [-0.25, -0.2) is 4.98 Å². The molecule has 1 fully saturated rings. The van der Waals surface area contributed by atoms with Crippen LogP contribution in [-0.4, -0.2) is 4.98 Å². The third-order valence-electron chi connectivity index (χ3n) is 3.25. The normalized spacial score (nSPS) is 27.0. The molecular weight excluding hydrogens is 190 g/mol. The zero-order valence-electron chi connectivity index (χ0n) is 9.12. The first-order valence-electron chi connectivity index (χ1n) is 5.75. The average Bonchev–Trinajstić information content (AvgIpc) is 2.74. The Bertz CT molecular complexity index is 292. The number of hydrogen-bond acceptors (Lipinski definition) is 2. The van der Waals surface area contributed by atoms with Crippen LogP contribution in [0.5, 0.6) is 0 Å². The summed E-state index contributed by atoms with van der Waals surface area (Å²) in [5.41, 5.74) is 1.31. The second-order valence-corrected chi connectivity index (χ2v) is 5.33. The summed E-state index contributed by atoms with van der Waals surface area (Å²) in [7, 11) is 0. The van der Waals surface area contributed by atoms with E-state index in [4.69, 9.17) is 4.98 Å². The zero-order valence-corrected chi connectivity index (χ0v) is 9.94. The van der Waals surface area contributed by atoms with Gasteiger partial charge in [-0.1, -0.05) is 33.1 Å². The topological polar surface area (TPSA) is 12.9 Å². The molecule has 1 aromatic heterocycles. The van der Waals surface area contributed by atoms with Crippen LogP contribution in [0.4, 0.5) is 0 Å². The van der Waals surface area contributed by atoms with Crippen LogP contribution in [0, 0.1) is 5.92 Å². The van der Waals surface area contributed by atoms with E-state index in [-0.39, 0.29) is 0 Å². The van der Waals surface area contributed by atoms with Gasteiger partial charge in [-0.3, -0.25) is 0 Å². The molecule has 0 radical (unpaired) electrons. The van der Waals surface area contributed by atoms with Crippen LogP contribution in [-0.2, 0) is 6.42 Å². The fourth-order valence-electron chi connectivity index (χ4n) is 2.38. The zero-order chi connectivity index (χ0) is 9.97. The molecule has 2 rings (SSSR count). The van der Waals surface area contributed by atoms with Crippen LogP contribution in [0.3, 0.4) is 0 Å². The molecule has 78 valence electrons. The maximum absolute atomic E-state index is 4.75. The summed E-state index contributed by atoms with van der Waals surface area (Å²) in [6.07, 6.45) is 6.52. The second-order valence-electron chi connectivity index (χ2n) is 4.44. The molecule has 1 heterocycles. The van der Waals surface area contributed by atoms with Gasteiger partial charge >= 0.3 is 0 Å². The van der Waals surface area contributed by atoms with E-state index in [2.05, 4.69) is 19.2 Å². The minimum absolute atomic E-state index is 0.769. The molecule has 1 aliphatic carbocycles. The fourth-order valence-corrected chi connectivity index (χ4v) is 3.50. The Labute approximate surface area is 90.6 Å². The molecule has 1 aliphatic rings. The minimum atomic E-state index is 0.769. The van der Waals surface area contributed by atoms with Crippen LogP contribution in [0.1, 0.15) is 56.2 Å². The number of aromatic nitrogens is 1. The molecule has 0 amide bonds. The quantitative estimate of drug-likeness (QED) is 0.733. The summed E-state index contributed by atoms with van der Waals surface area (Å²) >= 11 is 1.88. The van der Waals surface area contributed by atoms with Crippen LogP contribution >= 0.6 is 11.3 Å². The third-order valence-corrected chi connectivity index (χ3v) is 4.28. The van der Waals surface area contributed by atoms with Gasteiger partial charge in [0.05, 0.1) is 10.7 Å². The molecule has 0 N–H and O–H groups in total. The smallest absolute Gasteiger partial charge is 0.0961 e. The predicted molar refractivity (Wildman–Crippen MR) is 61.9 cm³/mol. The molecular formula is C12H19NS. The molecule has 1 aromatic rings. The van der Waals surface area contributed by atoms with Crippen molar-refractivity contribution < 1.29 is 0 Å². The Kier molecular flexibility index (Phi) is 3.22. The summed E-state index contributed by atoms with van der Waals surface area (Å²) in [6.45, 7) is 4.59. The van der Waals surface area contributed by atoms with Gasteiger partial charge in [0.25, 0.3) is 0 Å². The monoisotopic (exact) mass is 209 g/mol. The lowest BCUT2D eigenvalue weighted by Crippen LogP contribution is -2.01. The van der Waals surface area contributed by atoms with E-state index in [1.165, 1.54) is 36.4 Å². The summed E-state index contributed by atoms with van der Waals surface area (Å²) < 4.78 is 0. The molecule has 0 aliphatic heterocycles.